The van der Waals surface area contributed by atoms with E-state index in [0.717, 1.165) is 24.3 Å². The summed E-state index contributed by atoms with van der Waals surface area (Å²) in [5, 5.41) is 3.38. The van der Waals surface area contributed by atoms with Gasteiger partial charge in [-0.1, -0.05) is 6.07 Å². The molecular formula is C13H15BrN2S. The first kappa shape index (κ1) is 12.5. The number of aryl methyl sites for hydroxylation is 1. The lowest BCUT2D eigenvalue weighted by atomic mass is 10.2. The Labute approximate surface area is 114 Å². The molecule has 0 unspecified atom stereocenters. The van der Waals surface area contributed by atoms with Gasteiger partial charge in [0.05, 0.1) is 15.2 Å². The Kier molecular flexibility index (Phi) is 4.07. The Balaban J connectivity index is 1.91. The van der Waals surface area contributed by atoms with Crippen LogP contribution in [0.25, 0.3) is 0 Å². The molecule has 0 amide bonds. The molecule has 0 aliphatic heterocycles. The Morgan fingerprint density at radius 3 is 2.82 bits per heavy atom. The van der Waals surface area contributed by atoms with Gasteiger partial charge in [-0.3, -0.25) is 0 Å². The fourth-order valence-corrected chi connectivity index (χ4v) is 3.11. The second-order valence-corrected chi connectivity index (χ2v) is 6.52. The van der Waals surface area contributed by atoms with Crippen LogP contribution in [0.3, 0.4) is 0 Å². The lowest BCUT2D eigenvalue weighted by Gasteiger charge is -2.09. The number of thiophene rings is 1. The number of hydrogen-bond acceptors (Lipinski definition) is 3. The fraction of sp³-hybridized carbons (Fsp3) is 0.231. The van der Waals surface area contributed by atoms with E-state index in [1.165, 1.54) is 14.2 Å². The largest absolute Gasteiger partial charge is 0.397 e. The second kappa shape index (κ2) is 5.56. The number of anilines is 2. The van der Waals surface area contributed by atoms with Crippen LogP contribution in [0.15, 0.2) is 34.1 Å². The highest BCUT2D eigenvalue weighted by Gasteiger charge is 2.00. The average molecular weight is 311 g/mol. The van der Waals surface area contributed by atoms with E-state index in [4.69, 9.17) is 5.73 Å². The maximum atomic E-state index is 5.91. The van der Waals surface area contributed by atoms with E-state index in [9.17, 15) is 0 Å². The summed E-state index contributed by atoms with van der Waals surface area (Å²) in [6.45, 7) is 2.97. The number of rotatable bonds is 4. The maximum Gasteiger partial charge on any atom is 0.0701 e. The van der Waals surface area contributed by atoms with E-state index in [2.05, 4.69) is 46.4 Å². The molecule has 1 aromatic carbocycles. The SMILES string of the molecule is Cc1ccc(N)c(NCCc2ccc(Br)s2)c1. The molecule has 2 nitrogen and oxygen atoms in total. The number of nitrogens with one attached hydrogen (secondary N) is 1. The van der Waals surface area contributed by atoms with Crippen LogP contribution in [0.5, 0.6) is 0 Å². The third-order valence-corrected chi connectivity index (χ3v) is 4.21. The van der Waals surface area contributed by atoms with Crippen molar-refractivity contribution in [1.82, 2.24) is 0 Å². The van der Waals surface area contributed by atoms with E-state index >= 15 is 0 Å². The molecule has 0 bridgehead atoms. The molecule has 90 valence electrons. The third-order valence-electron chi connectivity index (χ3n) is 2.52. The highest BCUT2D eigenvalue weighted by atomic mass is 79.9. The smallest absolute Gasteiger partial charge is 0.0701 e. The molecule has 0 fully saturated rings. The summed E-state index contributed by atoms with van der Waals surface area (Å²) in [5.74, 6) is 0. The van der Waals surface area contributed by atoms with Gasteiger partial charge in [-0.15, -0.1) is 11.3 Å². The van der Waals surface area contributed by atoms with E-state index in [1.54, 1.807) is 11.3 Å². The first-order valence-corrected chi connectivity index (χ1v) is 7.10. The van der Waals surface area contributed by atoms with Crippen LogP contribution in [0.2, 0.25) is 0 Å². The van der Waals surface area contributed by atoms with Crippen molar-refractivity contribution in [3.8, 4) is 0 Å². The highest BCUT2D eigenvalue weighted by molar-refractivity contribution is 9.11. The minimum absolute atomic E-state index is 0.808. The number of halogens is 1. The Morgan fingerprint density at radius 2 is 2.12 bits per heavy atom. The van der Waals surface area contributed by atoms with Crippen molar-refractivity contribution < 1.29 is 0 Å². The average Bonchev–Trinajstić information content (AvgIpc) is 2.69. The van der Waals surface area contributed by atoms with Gasteiger partial charge in [0.25, 0.3) is 0 Å². The van der Waals surface area contributed by atoms with Crippen molar-refractivity contribution in [2.45, 2.75) is 13.3 Å². The van der Waals surface area contributed by atoms with Crippen LogP contribution >= 0.6 is 27.3 Å². The van der Waals surface area contributed by atoms with Gasteiger partial charge < -0.3 is 11.1 Å². The van der Waals surface area contributed by atoms with Gasteiger partial charge in [-0.05, 0) is 59.1 Å². The summed E-state index contributed by atoms with van der Waals surface area (Å²) in [6, 6.07) is 10.3. The zero-order chi connectivity index (χ0) is 12.3. The van der Waals surface area contributed by atoms with Crippen LogP contribution in [0.4, 0.5) is 11.4 Å². The van der Waals surface area contributed by atoms with Gasteiger partial charge in [-0.25, -0.2) is 0 Å². The summed E-state index contributed by atoms with van der Waals surface area (Å²) in [6.07, 6.45) is 1.02. The van der Waals surface area contributed by atoms with E-state index in [1.807, 2.05) is 12.1 Å². The predicted octanol–water partition coefficient (Wildman–Crippen LogP) is 4.06. The van der Waals surface area contributed by atoms with Gasteiger partial charge in [0.2, 0.25) is 0 Å². The summed E-state index contributed by atoms with van der Waals surface area (Å²) >= 11 is 5.24. The number of nitrogens with two attached hydrogens (primary N) is 1. The van der Waals surface area contributed by atoms with Crippen molar-refractivity contribution in [2.75, 3.05) is 17.6 Å². The first-order valence-electron chi connectivity index (χ1n) is 5.49. The molecule has 2 rings (SSSR count). The molecule has 3 N–H and O–H groups in total. The van der Waals surface area contributed by atoms with Crippen LogP contribution in [-0.4, -0.2) is 6.54 Å². The van der Waals surface area contributed by atoms with Gasteiger partial charge >= 0.3 is 0 Å². The van der Waals surface area contributed by atoms with Crippen LogP contribution in [-0.2, 0) is 6.42 Å². The fourth-order valence-electron chi connectivity index (χ4n) is 1.63. The van der Waals surface area contributed by atoms with E-state index < -0.39 is 0 Å². The summed E-state index contributed by atoms with van der Waals surface area (Å²) < 4.78 is 1.18. The van der Waals surface area contributed by atoms with Crippen molar-refractivity contribution in [2.24, 2.45) is 0 Å². The monoisotopic (exact) mass is 310 g/mol. The number of nitrogen functional groups attached to an aromatic ring is 1. The molecule has 2 aromatic rings. The van der Waals surface area contributed by atoms with Gasteiger partial charge in [0, 0.05) is 11.4 Å². The summed E-state index contributed by atoms with van der Waals surface area (Å²) in [7, 11) is 0. The second-order valence-electron chi connectivity index (χ2n) is 3.97. The minimum atomic E-state index is 0.808. The zero-order valence-corrected chi connectivity index (χ0v) is 12.1. The molecule has 17 heavy (non-hydrogen) atoms. The number of benzene rings is 1. The van der Waals surface area contributed by atoms with Crippen LogP contribution in [0.1, 0.15) is 10.4 Å². The van der Waals surface area contributed by atoms with Crippen LogP contribution in [0, 0.1) is 6.92 Å². The Bertz CT molecular complexity index is 508. The lowest BCUT2D eigenvalue weighted by molar-refractivity contribution is 1.04. The molecule has 0 atom stereocenters. The quantitative estimate of drug-likeness (QED) is 0.836. The van der Waals surface area contributed by atoms with Crippen molar-refractivity contribution in [1.29, 1.82) is 0 Å². The van der Waals surface area contributed by atoms with E-state index in [-0.39, 0.29) is 0 Å². The summed E-state index contributed by atoms with van der Waals surface area (Å²) in [5.41, 5.74) is 8.97. The van der Waals surface area contributed by atoms with Crippen molar-refractivity contribution in [3.63, 3.8) is 0 Å². The zero-order valence-electron chi connectivity index (χ0n) is 9.66. The maximum absolute atomic E-state index is 5.91. The lowest BCUT2D eigenvalue weighted by Crippen LogP contribution is -2.06. The molecule has 0 aliphatic rings. The van der Waals surface area contributed by atoms with Gasteiger partial charge in [0.15, 0.2) is 0 Å². The Hall–Kier alpha value is -1.000. The van der Waals surface area contributed by atoms with Gasteiger partial charge in [-0.2, -0.15) is 0 Å². The summed E-state index contributed by atoms with van der Waals surface area (Å²) in [4.78, 5) is 1.37. The molecule has 1 aromatic heterocycles. The molecule has 0 radical (unpaired) electrons. The van der Waals surface area contributed by atoms with Crippen molar-refractivity contribution in [3.05, 3.63) is 44.6 Å². The predicted molar refractivity (Wildman–Crippen MR) is 79.8 cm³/mol. The molecule has 0 saturated carbocycles. The standard InChI is InChI=1S/C13H15BrN2S/c1-9-2-4-11(15)12(8-9)16-7-6-10-3-5-13(14)17-10/h2-5,8,16H,6-7,15H2,1H3. The number of hydrogen-bond donors (Lipinski definition) is 2. The normalized spacial score (nSPS) is 10.5. The minimum Gasteiger partial charge on any atom is -0.397 e. The molecule has 0 aliphatic carbocycles. The van der Waals surface area contributed by atoms with E-state index in [0.29, 0.717) is 0 Å². The van der Waals surface area contributed by atoms with Crippen LogP contribution < -0.4 is 11.1 Å². The highest BCUT2D eigenvalue weighted by Crippen LogP contribution is 2.23. The molecule has 0 spiro atoms. The molecular weight excluding hydrogens is 296 g/mol. The molecule has 4 heteroatoms. The molecule has 1 heterocycles. The topological polar surface area (TPSA) is 38.0 Å². The van der Waals surface area contributed by atoms with Gasteiger partial charge in [0.1, 0.15) is 0 Å². The molecule has 0 saturated heterocycles. The van der Waals surface area contributed by atoms with Crippen molar-refractivity contribution >= 4 is 38.6 Å². The Morgan fingerprint density at radius 1 is 1.29 bits per heavy atom. The first-order chi connectivity index (χ1) is 8.15. The third kappa shape index (κ3) is 3.48.